The van der Waals surface area contributed by atoms with Crippen LogP contribution in [0.25, 0.3) is 87.6 Å². The summed E-state index contributed by atoms with van der Waals surface area (Å²) in [5.74, 6) is 0. The van der Waals surface area contributed by atoms with Crippen LogP contribution in [0, 0.1) is 0 Å². The summed E-state index contributed by atoms with van der Waals surface area (Å²) in [4.78, 5) is 0. The van der Waals surface area contributed by atoms with E-state index in [1.54, 1.807) is 66.1 Å². The van der Waals surface area contributed by atoms with E-state index in [-0.39, 0.29) is 0 Å². The summed E-state index contributed by atoms with van der Waals surface area (Å²) in [6, 6.07) is 34.5. The molecule has 0 saturated heterocycles. The average molecular weight is 931 g/mol. The van der Waals surface area contributed by atoms with Gasteiger partial charge in [0.2, 0.25) is 0 Å². The Kier molecular flexibility index (Phi) is 18.3. The van der Waals surface area contributed by atoms with Crippen molar-refractivity contribution in [3.8, 4) is 44.5 Å². The van der Waals surface area contributed by atoms with Gasteiger partial charge in [0.15, 0.2) is 0 Å². The van der Waals surface area contributed by atoms with E-state index in [2.05, 4.69) is 113 Å². The lowest BCUT2D eigenvalue weighted by atomic mass is 9.79. The van der Waals surface area contributed by atoms with E-state index >= 15 is 0 Å². The Hall–Kier alpha value is -4.42. The van der Waals surface area contributed by atoms with Crippen molar-refractivity contribution in [1.82, 2.24) is 0 Å². The van der Waals surface area contributed by atoms with Crippen molar-refractivity contribution < 1.29 is 0 Å². The number of hydrogen-bond acceptors (Lipinski definition) is 0. The van der Waals surface area contributed by atoms with Gasteiger partial charge in [0.1, 0.15) is 0 Å². The van der Waals surface area contributed by atoms with Gasteiger partial charge in [0.25, 0.3) is 0 Å². The van der Waals surface area contributed by atoms with Crippen molar-refractivity contribution in [2.75, 3.05) is 0 Å². The van der Waals surface area contributed by atoms with Crippen LogP contribution in [0.2, 0.25) is 0 Å². The summed E-state index contributed by atoms with van der Waals surface area (Å²) >= 11 is 0. The van der Waals surface area contributed by atoms with Gasteiger partial charge in [0, 0.05) is 0 Å². The number of hydrogen-bond donors (Lipinski definition) is 0. The number of rotatable bonds is 32. The van der Waals surface area contributed by atoms with Crippen LogP contribution >= 0.6 is 0 Å². The summed E-state index contributed by atoms with van der Waals surface area (Å²) in [5.41, 5.74) is 18.9. The maximum absolute atomic E-state index is 2.83. The molecule has 0 N–H and O–H groups in total. The zero-order chi connectivity index (χ0) is 48.1. The Bertz CT molecular complexity index is 2630. The summed E-state index contributed by atoms with van der Waals surface area (Å²) in [6.45, 7) is 9.40. The quantitative estimate of drug-likeness (QED) is 0.0292. The Labute approximate surface area is 425 Å². The highest BCUT2D eigenvalue weighted by Gasteiger charge is 2.32. The third kappa shape index (κ3) is 10.8. The van der Waals surface area contributed by atoms with Crippen LogP contribution in [0.4, 0.5) is 0 Å². The summed E-state index contributed by atoms with van der Waals surface area (Å²) in [7, 11) is 0. The van der Waals surface area contributed by atoms with Crippen molar-refractivity contribution in [2.24, 2.45) is 0 Å². The second kappa shape index (κ2) is 25.3. The minimum atomic E-state index is 1.15. The highest BCUT2D eigenvalue weighted by molar-refractivity contribution is 6.24. The molecule has 2 aliphatic carbocycles. The second-order valence-electron chi connectivity index (χ2n) is 22.3. The van der Waals surface area contributed by atoms with Crippen LogP contribution in [0.5, 0.6) is 0 Å². The van der Waals surface area contributed by atoms with Crippen LogP contribution in [0.1, 0.15) is 230 Å². The maximum atomic E-state index is 2.83. The normalized spacial score (nSPS) is 12.4. The lowest BCUT2D eigenvalue weighted by molar-refractivity contribution is 0.556. The Morgan fingerprint density at radius 1 is 0.243 bits per heavy atom. The van der Waals surface area contributed by atoms with Gasteiger partial charge in [0.05, 0.1) is 0 Å². The molecule has 0 aromatic heterocycles. The van der Waals surface area contributed by atoms with Crippen LogP contribution in [-0.2, 0) is 25.7 Å². The van der Waals surface area contributed by atoms with E-state index in [9.17, 15) is 0 Å². The molecule has 0 amide bonds. The van der Waals surface area contributed by atoms with Crippen molar-refractivity contribution in [2.45, 2.75) is 233 Å². The van der Waals surface area contributed by atoms with E-state index < -0.39 is 0 Å². The van der Waals surface area contributed by atoms with Gasteiger partial charge in [-0.1, -0.05) is 255 Å². The first-order chi connectivity index (χ1) is 34.7. The fraction of sp³-hybridized carbons (Fsp3) is 0.514. The zero-order valence-corrected chi connectivity index (χ0v) is 44.7. The molecule has 2 aliphatic rings. The number of unbranched alkanes of at least 4 members (excludes halogenated alkanes) is 24. The predicted octanol–water partition coefficient (Wildman–Crippen LogP) is 22.8. The standard InChI is InChI=1S/C70H90/c1-5-9-13-17-19-21-23-25-27-31-43-55-63-50-64-56(44-32-28-26-24-22-20-18-14-10-6-2)70-60-48-36-40-52-38-34-46-58(66(52)60)68(70)54(42-30-16-12-8-4)62(64)49-61(63)53(41-29-15-11-7-3)67-57-45-33-37-51-39-35-47-59(65(51)57)69(55)67/h33-40,45-50H,5-32,41-44H2,1-4H3. The third-order valence-electron chi connectivity index (χ3n) is 17.2. The molecule has 0 saturated carbocycles. The van der Waals surface area contributed by atoms with Gasteiger partial charge in [-0.15, -0.1) is 0 Å². The van der Waals surface area contributed by atoms with Crippen LogP contribution < -0.4 is 0 Å². The molecule has 7 aromatic carbocycles. The summed E-state index contributed by atoms with van der Waals surface area (Å²) < 4.78 is 0. The largest absolute Gasteiger partial charge is 0.0654 e. The number of aryl methyl sites for hydroxylation is 4. The fourth-order valence-electron chi connectivity index (χ4n) is 13.5. The first-order valence-electron chi connectivity index (χ1n) is 29.9. The zero-order valence-electron chi connectivity index (χ0n) is 44.7. The molecule has 70 heavy (non-hydrogen) atoms. The molecule has 7 aromatic rings. The Balaban J connectivity index is 1.21. The van der Waals surface area contributed by atoms with Gasteiger partial charge in [-0.05, 0) is 173 Å². The van der Waals surface area contributed by atoms with Gasteiger partial charge >= 0.3 is 0 Å². The van der Waals surface area contributed by atoms with Gasteiger partial charge in [-0.2, -0.15) is 0 Å². The monoisotopic (exact) mass is 931 g/mol. The first-order valence-corrected chi connectivity index (χ1v) is 29.9. The molecular formula is C70H90. The van der Waals surface area contributed by atoms with Crippen LogP contribution in [0.3, 0.4) is 0 Å². The molecule has 0 radical (unpaired) electrons. The van der Waals surface area contributed by atoms with Crippen LogP contribution in [0.15, 0.2) is 84.9 Å². The fourth-order valence-corrected chi connectivity index (χ4v) is 13.5. The van der Waals surface area contributed by atoms with Gasteiger partial charge < -0.3 is 0 Å². The first kappa shape index (κ1) is 50.5. The molecule has 0 aliphatic heterocycles. The SMILES string of the molecule is CCCCCCCCCCCCc1c2c(c(CCCCCC)c3cc4c(CCCCCC)c5c(c(CCCCCCCCCCCC)c4cc13)-c1cccc3cccc-5c13)-c1cccc3cccc-2c13. The van der Waals surface area contributed by atoms with Crippen LogP contribution in [-0.4, -0.2) is 0 Å². The van der Waals surface area contributed by atoms with Gasteiger partial charge in [-0.3, -0.25) is 0 Å². The predicted molar refractivity (Wildman–Crippen MR) is 312 cm³/mol. The van der Waals surface area contributed by atoms with E-state index in [0.29, 0.717) is 0 Å². The molecule has 0 fully saturated rings. The molecule has 9 rings (SSSR count). The van der Waals surface area contributed by atoms with Crippen molar-refractivity contribution in [1.29, 1.82) is 0 Å². The van der Waals surface area contributed by atoms with E-state index in [1.807, 2.05) is 0 Å². The molecule has 0 atom stereocenters. The van der Waals surface area contributed by atoms with Crippen molar-refractivity contribution in [3.63, 3.8) is 0 Å². The third-order valence-corrected chi connectivity index (χ3v) is 17.2. The second-order valence-corrected chi connectivity index (χ2v) is 22.3. The average Bonchev–Trinajstić information content (AvgIpc) is 3.90. The Morgan fingerprint density at radius 3 is 0.700 bits per heavy atom. The molecule has 0 unspecified atom stereocenters. The topological polar surface area (TPSA) is 0 Å². The van der Waals surface area contributed by atoms with Crippen molar-refractivity contribution in [3.05, 3.63) is 107 Å². The maximum Gasteiger partial charge on any atom is -0.00262 e. The van der Waals surface area contributed by atoms with E-state index in [1.165, 1.54) is 224 Å². The molecule has 0 nitrogen and oxygen atoms in total. The highest BCUT2D eigenvalue weighted by Crippen LogP contribution is 2.57. The molecule has 0 spiro atoms. The minimum absolute atomic E-state index is 1.15. The highest BCUT2D eigenvalue weighted by atomic mass is 14.4. The molecule has 0 bridgehead atoms. The molecule has 0 heterocycles. The van der Waals surface area contributed by atoms with E-state index in [4.69, 9.17) is 0 Å². The summed E-state index contributed by atoms with van der Waals surface area (Å²) in [6.07, 6.45) is 42.4. The lowest BCUT2D eigenvalue weighted by Gasteiger charge is -2.24. The summed E-state index contributed by atoms with van der Waals surface area (Å²) in [5, 5.41) is 12.1. The number of benzene rings is 7. The molecule has 0 heteroatoms. The van der Waals surface area contributed by atoms with Crippen molar-refractivity contribution >= 4 is 43.1 Å². The van der Waals surface area contributed by atoms with Gasteiger partial charge in [-0.25, -0.2) is 0 Å². The lowest BCUT2D eigenvalue weighted by Crippen LogP contribution is -2.03. The van der Waals surface area contributed by atoms with E-state index in [0.717, 1.165) is 25.7 Å². The Morgan fingerprint density at radius 2 is 0.457 bits per heavy atom. The minimum Gasteiger partial charge on any atom is -0.0654 e. The number of fused-ring (bicyclic) bond motifs is 8. The molecule has 370 valence electrons. The molecular weight excluding hydrogens is 841 g/mol. The smallest absolute Gasteiger partial charge is 0.00262 e.